The van der Waals surface area contributed by atoms with Crippen LogP contribution in [0.25, 0.3) is 0 Å². The van der Waals surface area contributed by atoms with Gasteiger partial charge < -0.3 is 0 Å². The first-order valence-corrected chi connectivity index (χ1v) is 12.4. The molecule has 0 aromatic carbocycles. The zero-order valence-corrected chi connectivity index (χ0v) is 18.8. The second-order valence-corrected chi connectivity index (χ2v) is 15.3. The monoisotopic (exact) mass is 341 g/mol. The van der Waals surface area contributed by atoms with Crippen LogP contribution in [0.5, 0.6) is 0 Å². The van der Waals surface area contributed by atoms with E-state index in [1.54, 1.807) is 0 Å². The topological polar surface area (TPSA) is 19.9 Å². The molecule has 0 fully saturated rings. The third-order valence-electron chi connectivity index (χ3n) is 4.68. The molecule has 0 saturated heterocycles. The average molecular weight is 342 g/mol. The highest BCUT2D eigenvalue weighted by molar-refractivity contribution is 6.72. The Morgan fingerprint density at radius 3 is 0.913 bits per heavy atom. The summed E-state index contributed by atoms with van der Waals surface area (Å²) in [4.78, 5) is 13.5. The molecule has 0 saturated carbocycles. The largest absolute Gasteiger partial charge is 0.297 e. The molecule has 2 heteroatoms. The van der Waals surface area contributed by atoms with Gasteiger partial charge in [0.2, 0.25) is 8.32 Å². The van der Waals surface area contributed by atoms with E-state index in [9.17, 15) is 4.80 Å². The second-order valence-electron chi connectivity index (χ2n) is 11.4. The Kier molecular flexibility index (Phi) is 9.11. The standard InChI is InChI=1S/C21H45OSi/c1-19(2,3)13-10-16-23(22,17-11-14-20(4,5)6)18-12-15-21(7,8)9/h10-18H2,1-9H3. The van der Waals surface area contributed by atoms with Gasteiger partial charge in [0.15, 0.2) is 0 Å². The van der Waals surface area contributed by atoms with E-state index in [-0.39, 0.29) is 0 Å². The molecule has 0 aromatic heterocycles. The van der Waals surface area contributed by atoms with E-state index < -0.39 is 8.32 Å². The summed E-state index contributed by atoms with van der Waals surface area (Å²) >= 11 is 0. The fourth-order valence-electron chi connectivity index (χ4n) is 3.20. The van der Waals surface area contributed by atoms with Crippen molar-refractivity contribution in [2.75, 3.05) is 0 Å². The molecular formula is C21H45OSi. The first-order valence-electron chi connectivity index (χ1n) is 9.83. The van der Waals surface area contributed by atoms with Gasteiger partial charge >= 0.3 is 0 Å². The molecule has 0 bridgehead atoms. The van der Waals surface area contributed by atoms with Gasteiger partial charge in [-0.15, -0.1) is 0 Å². The summed E-state index contributed by atoms with van der Waals surface area (Å²) in [5, 5.41) is 0. The van der Waals surface area contributed by atoms with Crippen LogP contribution in [0, 0.1) is 16.2 Å². The van der Waals surface area contributed by atoms with Crippen LogP contribution in [0.3, 0.4) is 0 Å². The van der Waals surface area contributed by atoms with Crippen LogP contribution < -0.4 is 0 Å². The number of hydrogen-bond donors (Lipinski definition) is 0. The minimum absolute atomic E-state index is 0.367. The Hall–Kier alpha value is 0.177. The minimum Gasteiger partial charge on any atom is -0.297 e. The molecule has 0 aliphatic rings. The maximum atomic E-state index is 13.5. The van der Waals surface area contributed by atoms with Crippen LogP contribution in [-0.4, -0.2) is 8.32 Å². The summed E-state index contributed by atoms with van der Waals surface area (Å²) in [5.74, 6) is 0. The van der Waals surface area contributed by atoms with Crippen LogP contribution >= 0.6 is 0 Å². The average Bonchev–Trinajstić information content (AvgIpc) is 2.22. The maximum Gasteiger partial charge on any atom is 0.237 e. The lowest BCUT2D eigenvalue weighted by atomic mass is 9.91. The highest BCUT2D eigenvalue weighted by Gasteiger charge is 2.33. The summed E-state index contributed by atoms with van der Waals surface area (Å²) in [6, 6.07) is 3.00. The summed E-state index contributed by atoms with van der Waals surface area (Å²) in [6.07, 6.45) is 7.02. The Morgan fingerprint density at radius 2 is 0.739 bits per heavy atom. The van der Waals surface area contributed by atoms with Gasteiger partial charge in [0, 0.05) is 0 Å². The third kappa shape index (κ3) is 15.4. The van der Waals surface area contributed by atoms with Crippen LogP contribution in [0.4, 0.5) is 0 Å². The molecule has 0 heterocycles. The van der Waals surface area contributed by atoms with E-state index in [1.807, 2.05) is 0 Å². The Labute approximate surface area is 148 Å². The molecule has 139 valence electrons. The lowest BCUT2D eigenvalue weighted by Gasteiger charge is -2.28. The van der Waals surface area contributed by atoms with Gasteiger partial charge in [-0.2, -0.15) is 0 Å². The molecule has 0 spiro atoms. The normalized spacial score (nSPS) is 14.3. The molecule has 0 N–H and O–H groups in total. The van der Waals surface area contributed by atoms with Crippen LogP contribution in [0.1, 0.15) is 101 Å². The van der Waals surface area contributed by atoms with E-state index in [1.165, 1.54) is 19.3 Å². The molecule has 0 amide bonds. The highest BCUT2D eigenvalue weighted by Crippen LogP contribution is 2.33. The predicted molar refractivity (Wildman–Crippen MR) is 107 cm³/mol. The Morgan fingerprint density at radius 1 is 0.522 bits per heavy atom. The Balaban J connectivity index is 4.50. The summed E-state index contributed by atoms with van der Waals surface area (Å²) in [7, 11) is -2.30. The first-order chi connectivity index (χ1) is 10.1. The molecule has 1 radical (unpaired) electrons. The molecule has 0 unspecified atom stereocenters. The van der Waals surface area contributed by atoms with Crippen molar-refractivity contribution in [3.05, 3.63) is 0 Å². The van der Waals surface area contributed by atoms with Gasteiger partial charge in [-0.3, -0.25) is 4.80 Å². The van der Waals surface area contributed by atoms with Gasteiger partial charge in [0.05, 0.1) is 0 Å². The van der Waals surface area contributed by atoms with E-state index in [0.717, 1.165) is 37.4 Å². The fourth-order valence-corrected chi connectivity index (χ4v) is 6.41. The number of rotatable bonds is 9. The van der Waals surface area contributed by atoms with Crippen molar-refractivity contribution < 1.29 is 4.80 Å². The minimum atomic E-state index is -2.30. The van der Waals surface area contributed by atoms with Crippen LogP contribution in [-0.2, 0) is 4.80 Å². The first kappa shape index (κ1) is 23.2. The molecule has 0 aliphatic carbocycles. The SMILES string of the molecule is CC(C)(C)CCC[Si]([O])(CCCC(C)(C)C)CCCC(C)(C)C. The second kappa shape index (κ2) is 9.04. The van der Waals surface area contributed by atoms with Gasteiger partial charge in [0.1, 0.15) is 0 Å². The smallest absolute Gasteiger partial charge is 0.237 e. The van der Waals surface area contributed by atoms with Crippen molar-refractivity contribution >= 4 is 8.32 Å². The maximum absolute atomic E-state index is 13.5. The summed E-state index contributed by atoms with van der Waals surface area (Å²) in [6.45, 7) is 20.6. The lowest BCUT2D eigenvalue weighted by Crippen LogP contribution is -2.33. The van der Waals surface area contributed by atoms with Crippen LogP contribution in [0.2, 0.25) is 18.1 Å². The molecule has 0 atom stereocenters. The molecule has 23 heavy (non-hydrogen) atoms. The number of hydrogen-bond acceptors (Lipinski definition) is 0. The molecule has 0 aromatic rings. The molecule has 0 aliphatic heterocycles. The van der Waals surface area contributed by atoms with Gasteiger partial charge in [-0.1, -0.05) is 81.6 Å². The third-order valence-corrected chi connectivity index (χ3v) is 8.47. The fraction of sp³-hybridized carbons (Fsp3) is 1.00. The van der Waals surface area contributed by atoms with Crippen molar-refractivity contribution in [2.24, 2.45) is 16.2 Å². The molecule has 1 nitrogen and oxygen atoms in total. The highest BCUT2D eigenvalue weighted by atomic mass is 28.4. The Bertz CT molecular complexity index is 264. The van der Waals surface area contributed by atoms with Gasteiger partial charge in [0.25, 0.3) is 0 Å². The van der Waals surface area contributed by atoms with Crippen molar-refractivity contribution in [1.82, 2.24) is 0 Å². The molecular weight excluding hydrogens is 296 g/mol. The predicted octanol–water partition coefficient (Wildman–Crippen LogP) is 7.84. The van der Waals surface area contributed by atoms with E-state index in [0.29, 0.717) is 16.2 Å². The quantitative estimate of drug-likeness (QED) is 0.381. The summed E-state index contributed by atoms with van der Waals surface area (Å²) < 4.78 is 0. The van der Waals surface area contributed by atoms with E-state index in [2.05, 4.69) is 62.3 Å². The lowest BCUT2D eigenvalue weighted by molar-refractivity contribution is 0.340. The molecule has 0 rings (SSSR count). The van der Waals surface area contributed by atoms with Crippen LogP contribution in [0.15, 0.2) is 0 Å². The van der Waals surface area contributed by atoms with E-state index in [4.69, 9.17) is 0 Å². The summed E-state index contributed by atoms with van der Waals surface area (Å²) in [5.41, 5.74) is 1.10. The van der Waals surface area contributed by atoms with E-state index >= 15 is 0 Å². The van der Waals surface area contributed by atoms with Crippen molar-refractivity contribution in [1.29, 1.82) is 0 Å². The van der Waals surface area contributed by atoms with Crippen molar-refractivity contribution in [3.8, 4) is 0 Å². The van der Waals surface area contributed by atoms with Crippen molar-refractivity contribution in [3.63, 3.8) is 0 Å². The zero-order chi connectivity index (χ0) is 18.4. The van der Waals surface area contributed by atoms with Gasteiger partial charge in [-0.25, -0.2) is 0 Å². The van der Waals surface area contributed by atoms with Crippen molar-refractivity contribution in [2.45, 2.75) is 119 Å². The van der Waals surface area contributed by atoms with Gasteiger partial charge in [-0.05, 0) is 53.6 Å². The zero-order valence-electron chi connectivity index (χ0n) is 17.8.